The molecule has 0 radical (unpaired) electrons. The third kappa shape index (κ3) is 6.39. The van der Waals surface area contributed by atoms with Crippen LogP contribution in [-0.4, -0.2) is 0 Å². The number of hydrogen-bond acceptors (Lipinski definition) is 5. The fourth-order valence-corrected chi connectivity index (χ4v) is 10.8. The van der Waals surface area contributed by atoms with Gasteiger partial charge in [0.1, 0.15) is 16.9 Å². The molecule has 12 aromatic rings. The highest BCUT2D eigenvalue weighted by Gasteiger charge is 2.35. The highest BCUT2D eigenvalue weighted by Crippen LogP contribution is 2.57. The van der Waals surface area contributed by atoms with Gasteiger partial charge in [0.25, 0.3) is 0 Å². The number of hydrogen-bond donors (Lipinski definition) is 0. The molecule has 1 aliphatic heterocycles. The number of para-hydroxylation sites is 4. The van der Waals surface area contributed by atoms with Crippen LogP contribution in [0.5, 0.6) is 11.5 Å². The number of nitrogens with zero attached hydrogens (tertiary/aromatic N) is 2. The van der Waals surface area contributed by atoms with E-state index >= 15 is 0 Å². The molecule has 0 saturated heterocycles. The molecule has 3 heterocycles. The number of ether oxygens (including phenoxy) is 1. The zero-order valence-corrected chi connectivity index (χ0v) is 37.4. The fraction of sp³-hybridized carbons (Fsp3) is 0.0312. The van der Waals surface area contributed by atoms with E-state index in [1.165, 1.54) is 16.7 Å². The van der Waals surface area contributed by atoms with E-state index in [0.717, 1.165) is 118 Å². The first kappa shape index (κ1) is 39.1. The lowest BCUT2D eigenvalue weighted by atomic mass is 9.79. The molecule has 10 aromatic carbocycles. The lowest BCUT2D eigenvalue weighted by Gasteiger charge is -2.36. The van der Waals surface area contributed by atoms with E-state index in [0.29, 0.717) is 0 Å². The quantitative estimate of drug-likeness (QED) is 0.152. The molecule has 0 spiro atoms. The Balaban J connectivity index is 0.949. The van der Waals surface area contributed by atoms with E-state index in [1.807, 2.05) is 24.3 Å². The maximum atomic E-state index is 7.46. The first-order valence-corrected chi connectivity index (χ1v) is 23.6. The summed E-state index contributed by atoms with van der Waals surface area (Å²) in [5.74, 6) is 1.74. The van der Waals surface area contributed by atoms with Crippen LogP contribution in [0.15, 0.2) is 239 Å². The van der Waals surface area contributed by atoms with Crippen molar-refractivity contribution in [3.05, 3.63) is 247 Å². The van der Waals surface area contributed by atoms with E-state index in [1.54, 1.807) is 0 Å². The van der Waals surface area contributed by atoms with Crippen LogP contribution >= 0.6 is 0 Å². The van der Waals surface area contributed by atoms with Crippen molar-refractivity contribution in [2.45, 2.75) is 12.3 Å². The summed E-state index contributed by atoms with van der Waals surface area (Å²) in [6, 6.07) is 79.3. The van der Waals surface area contributed by atoms with Crippen molar-refractivity contribution in [1.29, 1.82) is 0 Å². The lowest BCUT2D eigenvalue weighted by molar-refractivity contribution is 0.446. The van der Waals surface area contributed by atoms with Gasteiger partial charge in [0, 0.05) is 61.7 Å². The molecule has 14 rings (SSSR count). The van der Waals surface area contributed by atoms with Gasteiger partial charge in [-0.2, -0.15) is 0 Å². The van der Waals surface area contributed by atoms with E-state index in [4.69, 9.17) is 13.6 Å². The van der Waals surface area contributed by atoms with Crippen LogP contribution in [0.3, 0.4) is 0 Å². The van der Waals surface area contributed by atoms with Crippen molar-refractivity contribution in [2.75, 3.05) is 9.80 Å². The van der Waals surface area contributed by atoms with Crippen molar-refractivity contribution in [2.24, 2.45) is 0 Å². The van der Waals surface area contributed by atoms with Crippen LogP contribution in [0.4, 0.5) is 34.1 Å². The van der Waals surface area contributed by atoms with Crippen molar-refractivity contribution >= 4 is 84.1 Å². The molecule has 1 aliphatic carbocycles. The standard InChI is InChI=1S/C64H42N2O3/c1-3-14-41(15-4-1)43-28-33-46(34-29-43)65(55-24-12-22-53-49-19-7-9-26-58(49)67-62(53)55)48-37-38-51-52-21-11-18-45-32-39-57(64(61(45)52)69-60(51)40-48)66(47-35-30-44(31-36-47)42-16-5-2-6-17-42)56-25-13-23-54-50-20-8-10-27-59(50)68-63(54)56/h1-20,22-40,52H,21H2. The van der Waals surface area contributed by atoms with Gasteiger partial charge in [-0.15, -0.1) is 0 Å². The molecule has 5 nitrogen and oxygen atoms in total. The van der Waals surface area contributed by atoms with Gasteiger partial charge in [-0.3, -0.25) is 0 Å². The summed E-state index contributed by atoms with van der Waals surface area (Å²) < 4.78 is 21.0. The maximum Gasteiger partial charge on any atom is 0.159 e. The van der Waals surface area contributed by atoms with Crippen LogP contribution in [0.25, 0.3) is 72.2 Å². The van der Waals surface area contributed by atoms with E-state index in [9.17, 15) is 0 Å². The van der Waals surface area contributed by atoms with Crippen molar-refractivity contribution in [1.82, 2.24) is 0 Å². The number of allylic oxidation sites excluding steroid dienone is 1. The van der Waals surface area contributed by atoms with Crippen LogP contribution in [0.1, 0.15) is 29.0 Å². The molecule has 1 unspecified atom stereocenters. The monoisotopic (exact) mass is 886 g/mol. The molecule has 0 saturated carbocycles. The first-order valence-electron chi connectivity index (χ1n) is 23.6. The number of anilines is 6. The predicted molar refractivity (Wildman–Crippen MR) is 283 cm³/mol. The van der Waals surface area contributed by atoms with E-state index in [-0.39, 0.29) is 5.92 Å². The molecule has 0 fully saturated rings. The molecular weight excluding hydrogens is 845 g/mol. The minimum atomic E-state index is 0.0828. The van der Waals surface area contributed by atoms with Gasteiger partial charge in [0.2, 0.25) is 0 Å². The molecular formula is C64H42N2O3. The Labute approximate surface area is 399 Å². The van der Waals surface area contributed by atoms with Crippen LogP contribution in [-0.2, 0) is 0 Å². The Morgan fingerprint density at radius 3 is 1.51 bits per heavy atom. The average Bonchev–Trinajstić information content (AvgIpc) is 4.00. The van der Waals surface area contributed by atoms with Crippen LogP contribution in [0.2, 0.25) is 0 Å². The van der Waals surface area contributed by atoms with E-state index < -0.39 is 0 Å². The van der Waals surface area contributed by atoms with Gasteiger partial charge in [-0.05, 0) is 94.9 Å². The highest BCUT2D eigenvalue weighted by atomic mass is 16.5. The summed E-state index contributed by atoms with van der Waals surface area (Å²) >= 11 is 0. The van der Waals surface area contributed by atoms with Gasteiger partial charge in [-0.1, -0.05) is 170 Å². The van der Waals surface area contributed by atoms with Gasteiger partial charge in [0.05, 0.1) is 17.1 Å². The van der Waals surface area contributed by atoms with Crippen molar-refractivity contribution in [3.8, 4) is 33.8 Å². The Kier molecular flexibility index (Phi) is 8.96. The normalized spacial score (nSPS) is 13.7. The zero-order chi connectivity index (χ0) is 45.4. The second kappa shape index (κ2) is 15.8. The molecule has 69 heavy (non-hydrogen) atoms. The van der Waals surface area contributed by atoms with Crippen molar-refractivity contribution in [3.63, 3.8) is 0 Å². The first-order chi connectivity index (χ1) is 34.2. The lowest BCUT2D eigenvalue weighted by Crippen LogP contribution is -2.19. The molecule has 2 aromatic heterocycles. The molecule has 5 heteroatoms. The highest BCUT2D eigenvalue weighted by molar-refractivity contribution is 6.12. The van der Waals surface area contributed by atoms with Crippen LogP contribution < -0.4 is 14.5 Å². The third-order valence-electron chi connectivity index (χ3n) is 14.0. The number of rotatable bonds is 8. The fourth-order valence-electron chi connectivity index (χ4n) is 10.8. The SMILES string of the molecule is C1=Cc2ccc(N(c3ccc(-c4ccccc4)cc3)c3cccc4c3oc3ccccc34)c3c2C(C1)c1ccc(N(c2ccc(-c4ccccc4)cc2)c2cccc4c2oc2ccccc24)cc1O3. The smallest absolute Gasteiger partial charge is 0.159 e. The number of benzene rings is 10. The molecule has 326 valence electrons. The molecule has 0 bridgehead atoms. The Hall–Kier alpha value is -9.06. The number of fused-ring (bicyclic) bond motifs is 8. The minimum absolute atomic E-state index is 0.0828. The topological polar surface area (TPSA) is 42.0 Å². The summed E-state index contributed by atoms with van der Waals surface area (Å²) in [5, 5.41) is 4.31. The second-order valence-electron chi connectivity index (χ2n) is 17.9. The Morgan fingerprint density at radius 2 is 0.899 bits per heavy atom. The summed E-state index contributed by atoms with van der Waals surface area (Å²) in [6.07, 6.45) is 5.40. The van der Waals surface area contributed by atoms with Gasteiger partial charge in [-0.25, -0.2) is 0 Å². The zero-order valence-electron chi connectivity index (χ0n) is 37.4. The summed E-state index contributed by atoms with van der Waals surface area (Å²) in [7, 11) is 0. The molecule has 2 aliphatic rings. The summed E-state index contributed by atoms with van der Waals surface area (Å²) in [6.45, 7) is 0. The van der Waals surface area contributed by atoms with Gasteiger partial charge < -0.3 is 23.4 Å². The summed E-state index contributed by atoms with van der Waals surface area (Å²) in [4.78, 5) is 4.63. The maximum absolute atomic E-state index is 7.46. The van der Waals surface area contributed by atoms with Crippen molar-refractivity contribution < 1.29 is 13.6 Å². The Morgan fingerprint density at radius 1 is 0.391 bits per heavy atom. The third-order valence-corrected chi connectivity index (χ3v) is 14.0. The van der Waals surface area contributed by atoms with E-state index in [2.05, 4.69) is 222 Å². The van der Waals surface area contributed by atoms with Crippen LogP contribution in [0, 0.1) is 0 Å². The average molecular weight is 887 g/mol. The number of furan rings is 2. The predicted octanol–water partition coefficient (Wildman–Crippen LogP) is 18.4. The largest absolute Gasteiger partial charge is 0.454 e. The second-order valence-corrected chi connectivity index (χ2v) is 17.9. The van der Waals surface area contributed by atoms with Gasteiger partial charge >= 0.3 is 0 Å². The minimum Gasteiger partial charge on any atom is -0.454 e. The molecule has 0 N–H and O–H groups in total. The molecule has 0 amide bonds. The van der Waals surface area contributed by atoms with Gasteiger partial charge in [0.15, 0.2) is 16.9 Å². The molecule has 1 atom stereocenters. The summed E-state index contributed by atoms with van der Waals surface area (Å²) in [5.41, 5.74) is 17.3. The Bertz CT molecular complexity index is 3960.